The van der Waals surface area contributed by atoms with Crippen molar-refractivity contribution < 1.29 is 19.0 Å². The van der Waals surface area contributed by atoms with Crippen LogP contribution in [0.1, 0.15) is 50.5 Å². The van der Waals surface area contributed by atoms with Crippen molar-refractivity contribution in [2.24, 2.45) is 0 Å². The number of carbonyl (C=O) groups is 1. The fourth-order valence-electron chi connectivity index (χ4n) is 5.55. The number of pyridine rings is 2. The summed E-state index contributed by atoms with van der Waals surface area (Å²) in [5, 5.41) is 14.4. The van der Waals surface area contributed by atoms with Crippen LogP contribution in [0.15, 0.2) is 54.9 Å². The molecule has 2 aliphatic rings. The largest absolute Gasteiger partial charge is 0.453 e. The summed E-state index contributed by atoms with van der Waals surface area (Å²) in [5.41, 5.74) is 3.18. The van der Waals surface area contributed by atoms with Crippen molar-refractivity contribution in [2.45, 2.75) is 57.5 Å². The van der Waals surface area contributed by atoms with Crippen molar-refractivity contribution in [3.05, 3.63) is 66.2 Å². The number of hydrogen-bond acceptors (Lipinski definition) is 8. The molecule has 2 fully saturated rings. The highest BCUT2D eigenvalue weighted by atomic mass is 32.1. The molecular formula is C34H41FN6O3S. The van der Waals surface area contributed by atoms with Crippen molar-refractivity contribution in [3.8, 4) is 22.1 Å². The van der Waals surface area contributed by atoms with Gasteiger partial charge in [-0.3, -0.25) is 14.9 Å². The van der Waals surface area contributed by atoms with Gasteiger partial charge in [0, 0.05) is 75.6 Å². The number of nitrogens with zero attached hydrogens (tertiary/aromatic N) is 4. The summed E-state index contributed by atoms with van der Waals surface area (Å²) in [5.74, 6) is 0.0212. The lowest BCUT2D eigenvalue weighted by Crippen LogP contribution is -2.46. The predicted octanol–water partition coefficient (Wildman–Crippen LogP) is 6.63. The van der Waals surface area contributed by atoms with Gasteiger partial charge in [0.15, 0.2) is 11.6 Å². The highest BCUT2D eigenvalue weighted by Gasteiger charge is 2.23. The number of hydrogen-bond donors (Lipinski definition) is 3. The number of ether oxygens (including phenoxy) is 1. The molecule has 2 amide bonds. The van der Waals surface area contributed by atoms with Gasteiger partial charge in [0.2, 0.25) is 0 Å². The fourth-order valence-corrected chi connectivity index (χ4v) is 6.59. The van der Waals surface area contributed by atoms with Gasteiger partial charge >= 0.3 is 6.03 Å². The number of rotatable bonds is 14. The van der Waals surface area contributed by atoms with Crippen molar-refractivity contribution >= 4 is 33.3 Å². The topological polar surface area (TPSA) is 103 Å². The number of aliphatic hydroxyl groups is 1. The van der Waals surface area contributed by atoms with Crippen LogP contribution in [-0.4, -0.2) is 76.3 Å². The molecule has 9 nitrogen and oxygen atoms in total. The Morgan fingerprint density at radius 2 is 1.76 bits per heavy atom. The first-order valence-corrected chi connectivity index (χ1v) is 16.8. The lowest BCUT2D eigenvalue weighted by molar-refractivity contribution is 0.125. The number of thiophene rings is 1. The molecule has 1 aromatic carbocycles. The first-order chi connectivity index (χ1) is 22.0. The average molecular weight is 633 g/mol. The molecule has 45 heavy (non-hydrogen) atoms. The molecular weight excluding hydrogens is 591 g/mol. The minimum atomic E-state index is -0.565. The van der Waals surface area contributed by atoms with E-state index in [2.05, 4.69) is 37.6 Å². The number of fused-ring (bicyclic) bond motifs is 1. The molecule has 238 valence electrons. The summed E-state index contributed by atoms with van der Waals surface area (Å²) in [6.07, 6.45) is 11.3. The molecule has 6 rings (SSSR count). The lowest BCUT2D eigenvalue weighted by atomic mass is 10.1. The van der Waals surface area contributed by atoms with Crippen molar-refractivity contribution in [3.63, 3.8) is 0 Å². The summed E-state index contributed by atoms with van der Waals surface area (Å²) in [6, 6.07) is 12.2. The number of urea groups is 1. The van der Waals surface area contributed by atoms with Gasteiger partial charge in [-0.05, 0) is 62.1 Å². The highest BCUT2D eigenvalue weighted by Crippen LogP contribution is 2.39. The van der Waals surface area contributed by atoms with E-state index < -0.39 is 5.82 Å². The normalized spacial score (nSPS) is 15.8. The number of aromatic nitrogens is 2. The van der Waals surface area contributed by atoms with E-state index >= 15 is 0 Å². The van der Waals surface area contributed by atoms with Gasteiger partial charge in [-0.15, -0.1) is 11.3 Å². The van der Waals surface area contributed by atoms with Gasteiger partial charge < -0.3 is 25.4 Å². The molecule has 4 heterocycles. The van der Waals surface area contributed by atoms with Gasteiger partial charge in [-0.25, -0.2) is 9.18 Å². The molecule has 0 unspecified atom stereocenters. The first kappa shape index (κ1) is 31.3. The summed E-state index contributed by atoms with van der Waals surface area (Å²) >= 11 is 1.51. The Labute approximate surface area is 267 Å². The minimum absolute atomic E-state index is 0.0724. The van der Waals surface area contributed by atoms with E-state index in [-0.39, 0.29) is 17.8 Å². The predicted molar refractivity (Wildman–Crippen MR) is 176 cm³/mol. The van der Waals surface area contributed by atoms with Crippen LogP contribution in [0, 0.1) is 5.82 Å². The van der Waals surface area contributed by atoms with E-state index in [9.17, 15) is 9.18 Å². The SMILES string of the molecule is O=C(Nc1ccc(Oc2ccnc3cc(-c4ccc(CN5CCN(CCCCCCCO)CC5)cn4)sc23)c(F)c1)NC1CC1. The van der Waals surface area contributed by atoms with E-state index in [0.29, 0.717) is 18.0 Å². The molecule has 11 heteroatoms. The number of aliphatic hydroxyl groups excluding tert-OH is 1. The monoisotopic (exact) mass is 632 g/mol. The van der Waals surface area contributed by atoms with E-state index in [4.69, 9.17) is 14.8 Å². The van der Waals surface area contributed by atoms with Crippen LogP contribution in [0.2, 0.25) is 0 Å². The molecule has 4 aromatic rings. The molecule has 3 N–H and O–H groups in total. The first-order valence-electron chi connectivity index (χ1n) is 16.0. The number of anilines is 1. The fraction of sp³-hybridized carbons (Fsp3) is 0.441. The molecule has 1 aliphatic heterocycles. The Balaban J connectivity index is 1.02. The molecule has 0 atom stereocenters. The van der Waals surface area contributed by atoms with Gasteiger partial charge in [0.25, 0.3) is 0 Å². The Morgan fingerprint density at radius 1 is 0.956 bits per heavy atom. The third kappa shape index (κ3) is 8.76. The summed E-state index contributed by atoms with van der Waals surface area (Å²) < 4.78 is 21.7. The third-order valence-electron chi connectivity index (χ3n) is 8.28. The molecule has 1 aliphatic carbocycles. The molecule has 3 aromatic heterocycles. The number of halogens is 1. The maximum atomic E-state index is 14.9. The summed E-state index contributed by atoms with van der Waals surface area (Å²) in [6.45, 7) is 6.69. The number of carbonyl (C=O) groups excluding carboxylic acids is 1. The second-order valence-corrected chi connectivity index (χ2v) is 13.0. The smallest absolute Gasteiger partial charge is 0.319 e. The quantitative estimate of drug-likeness (QED) is 0.134. The van der Waals surface area contributed by atoms with E-state index in [1.165, 1.54) is 54.8 Å². The molecule has 0 radical (unpaired) electrons. The Kier molecular flexibility index (Phi) is 10.5. The van der Waals surface area contributed by atoms with Crippen LogP contribution in [0.25, 0.3) is 20.8 Å². The summed E-state index contributed by atoms with van der Waals surface area (Å²) in [4.78, 5) is 27.3. The van der Waals surface area contributed by atoms with Crippen LogP contribution in [0.3, 0.4) is 0 Å². The summed E-state index contributed by atoms with van der Waals surface area (Å²) in [7, 11) is 0. The maximum Gasteiger partial charge on any atom is 0.319 e. The zero-order chi connectivity index (χ0) is 31.0. The Morgan fingerprint density at radius 3 is 2.51 bits per heavy atom. The van der Waals surface area contributed by atoms with Crippen molar-refractivity contribution in [1.82, 2.24) is 25.1 Å². The highest BCUT2D eigenvalue weighted by molar-refractivity contribution is 7.22. The second kappa shape index (κ2) is 15.1. The third-order valence-corrected chi connectivity index (χ3v) is 9.44. The van der Waals surface area contributed by atoms with Crippen molar-refractivity contribution in [1.29, 1.82) is 0 Å². The van der Waals surface area contributed by atoms with Crippen molar-refractivity contribution in [2.75, 3.05) is 44.6 Å². The number of unbranched alkanes of at least 4 members (excludes halogenated alkanes) is 4. The van der Waals surface area contributed by atoms with Crippen LogP contribution >= 0.6 is 11.3 Å². The van der Waals surface area contributed by atoms with Gasteiger partial charge in [0.05, 0.1) is 20.8 Å². The zero-order valence-electron chi connectivity index (χ0n) is 25.5. The van der Waals surface area contributed by atoms with Crippen LogP contribution in [0.5, 0.6) is 11.5 Å². The number of benzene rings is 1. The maximum absolute atomic E-state index is 14.9. The number of amides is 2. The number of nitrogens with one attached hydrogen (secondary N) is 2. The van der Waals surface area contributed by atoms with Crippen LogP contribution in [-0.2, 0) is 6.54 Å². The Hall–Kier alpha value is -3.64. The van der Waals surface area contributed by atoms with E-state index in [0.717, 1.165) is 79.2 Å². The zero-order valence-corrected chi connectivity index (χ0v) is 26.3. The molecule has 0 bridgehead atoms. The van der Waals surface area contributed by atoms with Crippen LogP contribution in [0.4, 0.5) is 14.9 Å². The number of piperazine rings is 1. The molecule has 1 saturated carbocycles. The molecule has 1 saturated heterocycles. The molecule has 0 spiro atoms. The van der Waals surface area contributed by atoms with E-state index in [1.807, 2.05) is 12.3 Å². The second-order valence-electron chi connectivity index (χ2n) is 11.9. The van der Waals surface area contributed by atoms with Gasteiger partial charge in [0.1, 0.15) is 5.75 Å². The van der Waals surface area contributed by atoms with E-state index in [1.54, 1.807) is 18.3 Å². The minimum Gasteiger partial charge on any atom is -0.453 e. The van der Waals surface area contributed by atoms with Gasteiger partial charge in [-0.1, -0.05) is 25.3 Å². The lowest BCUT2D eigenvalue weighted by Gasteiger charge is -2.34. The standard InChI is InChI=1S/C34H41FN6O3S/c35-27-20-26(39-34(43)38-25-7-8-25)9-11-30(27)44-31-12-13-36-29-21-32(45-33(29)31)28-10-6-24(22-37-28)23-41-17-15-40(16-18-41)14-4-2-1-3-5-19-42/h6,9-13,20-22,25,42H,1-5,7-8,14-19,23H2,(H2,38,39,43). The average Bonchev–Trinajstić information content (AvgIpc) is 3.74. The van der Waals surface area contributed by atoms with Gasteiger partial charge in [-0.2, -0.15) is 0 Å². The Bertz CT molecular complexity index is 1570. The van der Waals surface area contributed by atoms with Crippen LogP contribution < -0.4 is 15.4 Å².